The van der Waals surface area contributed by atoms with Crippen LogP contribution in [0.3, 0.4) is 0 Å². The van der Waals surface area contributed by atoms with Gasteiger partial charge in [0.15, 0.2) is 0 Å². The van der Waals surface area contributed by atoms with Crippen LogP contribution in [0.2, 0.25) is 0 Å². The number of nitrogens with one attached hydrogen (secondary N) is 1. The first kappa shape index (κ1) is 8.92. The summed E-state index contributed by atoms with van der Waals surface area (Å²) in [5.41, 5.74) is 2.88. The number of aromatic nitrogens is 1. The lowest BCUT2D eigenvalue weighted by atomic mass is 9.93. The molecule has 1 unspecified atom stereocenters. The minimum Gasteiger partial charge on any atom is -0.388 e. The molecule has 1 aromatic carbocycles. The average Bonchev–Trinajstić information content (AvgIpc) is 2.57. The number of hydrogen-bond acceptors (Lipinski definition) is 1. The van der Waals surface area contributed by atoms with Gasteiger partial charge in [0.1, 0.15) is 5.82 Å². The van der Waals surface area contributed by atoms with Gasteiger partial charge in [0.05, 0.1) is 6.10 Å². The molecule has 0 amide bonds. The smallest absolute Gasteiger partial charge is 0.123 e. The Hall–Kier alpha value is -1.35. The van der Waals surface area contributed by atoms with E-state index in [9.17, 15) is 9.50 Å². The second kappa shape index (κ2) is 3.07. The lowest BCUT2D eigenvalue weighted by Gasteiger charge is -2.17. The first-order chi connectivity index (χ1) is 7.25. The molecule has 1 atom stereocenters. The summed E-state index contributed by atoms with van der Waals surface area (Å²) in [6.07, 6.45) is 2.27. The highest BCUT2D eigenvalue weighted by atomic mass is 19.1. The molecule has 0 aliphatic heterocycles. The fraction of sp³-hybridized carbons (Fsp3) is 0.333. The number of hydrogen-bond donors (Lipinski definition) is 2. The van der Waals surface area contributed by atoms with Crippen LogP contribution < -0.4 is 0 Å². The van der Waals surface area contributed by atoms with Crippen LogP contribution in [0.15, 0.2) is 18.2 Å². The number of aliphatic hydroxyl groups excluding tert-OH is 1. The third kappa shape index (κ3) is 1.27. The Bertz CT molecular complexity index is 518. The molecule has 0 fully saturated rings. The summed E-state index contributed by atoms with van der Waals surface area (Å²) in [5, 5.41) is 10.7. The standard InChI is InChI=1S/C12H12FNO/c13-7-4-5-9-8(6-7)12-10(14-9)2-1-3-11(12)15/h4-6,11,14-15H,1-3H2. The fourth-order valence-corrected chi connectivity index (χ4v) is 2.44. The van der Waals surface area contributed by atoms with Crippen molar-refractivity contribution in [2.75, 3.05) is 0 Å². The van der Waals surface area contributed by atoms with Gasteiger partial charge in [-0.2, -0.15) is 0 Å². The molecule has 0 saturated carbocycles. The fourth-order valence-electron chi connectivity index (χ4n) is 2.44. The Balaban J connectivity index is 2.33. The quantitative estimate of drug-likeness (QED) is 0.681. The predicted octanol–water partition coefficient (Wildman–Crippen LogP) is 2.68. The van der Waals surface area contributed by atoms with Gasteiger partial charge in [-0.05, 0) is 37.5 Å². The number of fused-ring (bicyclic) bond motifs is 3. The molecule has 3 heteroatoms. The predicted molar refractivity (Wildman–Crippen MR) is 56.2 cm³/mol. The summed E-state index contributed by atoms with van der Waals surface area (Å²) in [4.78, 5) is 3.25. The summed E-state index contributed by atoms with van der Waals surface area (Å²) >= 11 is 0. The minimum absolute atomic E-state index is 0.248. The Morgan fingerprint density at radius 2 is 2.27 bits per heavy atom. The molecule has 1 aliphatic rings. The number of aromatic amines is 1. The summed E-state index contributed by atoms with van der Waals surface area (Å²) in [5.74, 6) is -0.248. The molecular formula is C12H12FNO. The van der Waals surface area contributed by atoms with Crippen LogP contribution in [0.1, 0.15) is 30.2 Å². The van der Waals surface area contributed by atoms with Crippen molar-refractivity contribution in [2.45, 2.75) is 25.4 Å². The summed E-state index contributed by atoms with van der Waals surface area (Å²) in [6, 6.07) is 4.67. The molecule has 1 heterocycles. The van der Waals surface area contributed by atoms with Crippen molar-refractivity contribution in [3.63, 3.8) is 0 Å². The van der Waals surface area contributed by atoms with E-state index in [1.165, 1.54) is 12.1 Å². The summed E-state index contributed by atoms with van der Waals surface area (Å²) < 4.78 is 13.1. The molecule has 0 saturated heterocycles. The van der Waals surface area contributed by atoms with Gasteiger partial charge >= 0.3 is 0 Å². The number of aryl methyl sites for hydroxylation is 1. The van der Waals surface area contributed by atoms with E-state index in [1.807, 2.05) is 0 Å². The Labute approximate surface area is 86.7 Å². The Morgan fingerprint density at radius 1 is 1.40 bits per heavy atom. The molecule has 2 nitrogen and oxygen atoms in total. The first-order valence-electron chi connectivity index (χ1n) is 5.24. The van der Waals surface area contributed by atoms with Crippen molar-refractivity contribution in [3.8, 4) is 0 Å². The SMILES string of the molecule is OC1CCCc2[nH]c3ccc(F)cc3c21. The highest BCUT2D eigenvalue weighted by Gasteiger charge is 2.22. The maximum atomic E-state index is 13.1. The van der Waals surface area contributed by atoms with Crippen LogP contribution in [-0.2, 0) is 6.42 Å². The van der Waals surface area contributed by atoms with E-state index in [1.54, 1.807) is 6.07 Å². The molecule has 0 bridgehead atoms. The van der Waals surface area contributed by atoms with Gasteiger partial charge in [-0.15, -0.1) is 0 Å². The van der Waals surface area contributed by atoms with Crippen LogP contribution >= 0.6 is 0 Å². The molecule has 15 heavy (non-hydrogen) atoms. The molecule has 1 aromatic heterocycles. The maximum Gasteiger partial charge on any atom is 0.123 e. The van der Waals surface area contributed by atoms with E-state index in [0.717, 1.165) is 41.4 Å². The Kier molecular flexibility index (Phi) is 1.83. The summed E-state index contributed by atoms with van der Waals surface area (Å²) in [7, 11) is 0. The van der Waals surface area contributed by atoms with Gasteiger partial charge in [-0.3, -0.25) is 0 Å². The summed E-state index contributed by atoms with van der Waals surface area (Å²) in [6.45, 7) is 0. The number of benzene rings is 1. The van der Waals surface area contributed by atoms with Gasteiger partial charge in [0, 0.05) is 22.2 Å². The van der Waals surface area contributed by atoms with Gasteiger partial charge in [0.25, 0.3) is 0 Å². The molecule has 3 rings (SSSR count). The van der Waals surface area contributed by atoms with E-state index in [-0.39, 0.29) is 5.82 Å². The van der Waals surface area contributed by atoms with E-state index in [0.29, 0.717) is 0 Å². The van der Waals surface area contributed by atoms with Crippen molar-refractivity contribution >= 4 is 10.9 Å². The van der Waals surface area contributed by atoms with Crippen molar-refractivity contribution in [3.05, 3.63) is 35.3 Å². The average molecular weight is 205 g/mol. The minimum atomic E-state index is -0.440. The lowest BCUT2D eigenvalue weighted by molar-refractivity contribution is 0.158. The van der Waals surface area contributed by atoms with Crippen molar-refractivity contribution in [2.24, 2.45) is 0 Å². The number of rotatable bonds is 0. The van der Waals surface area contributed by atoms with Gasteiger partial charge in [-0.1, -0.05) is 0 Å². The van der Waals surface area contributed by atoms with E-state index in [2.05, 4.69) is 4.98 Å². The zero-order chi connectivity index (χ0) is 10.4. The number of halogens is 1. The third-order valence-electron chi connectivity index (χ3n) is 3.12. The molecule has 1 aliphatic carbocycles. The molecule has 2 N–H and O–H groups in total. The zero-order valence-electron chi connectivity index (χ0n) is 8.26. The molecule has 0 spiro atoms. The first-order valence-corrected chi connectivity index (χ1v) is 5.24. The Morgan fingerprint density at radius 3 is 3.13 bits per heavy atom. The normalized spacial score (nSPS) is 20.5. The van der Waals surface area contributed by atoms with E-state index in [4.69, 9.17) is 0 Å². The molecule has 2 aromatic rings. The van der Waals surface area contributed by atoms with Crippen molar-refractivity contribution < 1.29 is 9.50 Å². The zero-order valence-corrected chi connectivity index (χ0v) is 8.26. The molecule has 0 radical (unpaired) electrons. The van der Waals surface area contributed by atoms with Gasteiger partial charge < -0.3 is 10.1 Å². The van der Waals surface area contributed by atoms with E-state index < -0.39 is 6.10 Å². The van der Waals surface area contributed by atoms with Gasteiger partial charge in [0.2, 0.25) is 0 Å². The molecular weight excluding hydrogens is 193 g/mol. The second-order valence-corrected chi connectivity index (χ2v) is 4.12. The van der Waals surface area contributed by atoms with E-state index >= 15 is 0 Å². The van der Waals surface area contributed by atoms with Crippen molar-refractivity contribution in [1.29, 1.82) is 0 Å². The van der Waals surface area contributed by atoms with Crippen LogP contribution in [0.5, 0.6) is 0 Å². The van der Waals surface area contributed by atoms with Crippen LogP contribution in [-0.4, -0.2) is 10.1 Å². The largest absolute Gasteiger partial charge is 0.388 e. The monoisotopic (exact) mass is 205 g/mol. The third-order valence-corrected chi connectivity index (χ3v) is 3.12. The number of aliphatic hydroxyl groups is 1. The van der Waals surface area contributed by atoms with Crippen LogP contribution in [0.4, 0.5) is 4.39 Å². The maximum absolute atomic E-state index is 13.1. The van der Waals surface area contributed by atoms with Crippen molar-refractivity contribution in [1.82, 2.24) is 4.98 Å². The highest BCUT2D eigenvalue weighted by Crippen LogP contribution is 2.35. The second-order valence-electron chi connectivity index (χ2n) is 4.12. The number of H-pyrrole nitrogens is 1. The van der Waals surface area contributed by atoms with Gasteiger partial charge in [-0.25, -0.2) is 4.39 Å². The molecule has 78 valence electrons. The van der Waals surface area contributed by atoms with Crippen LogP contribution in [0, 0.1) is 5.82 Å². The van der Waals surface area contributed by atoms with Crippen LogP contribution in [0.25, 0.3) is 10.9 Å². The lowest BCUT2D eigenvalue weighted by Crippen LogP contribution is -2.07. The topological polar surface area (TPSA) is 36.0 Å². The highest BCUT2D eigenvalue weighted by molar-refractivity contribution is 5.85.